The fourth-order valence-corrected chi connectivity index (χ4v) is 0.860. The van der Waals surface area contributed by atoms with E-state index in [0.717, 1.165) is 0 Å². The summed E-state index contributed by atoms with van der Waals surface area (Å²) in [5.41, 5.74) is 5.03. The van der Waals surface area contributed by atoms with Gasteiger partial charge in [-0.05, 0) is 0 Å². The van der Waals surface area contributed by atoms with E-state index in [2.05, 4.69) is 6.58 Å². The van der Waals surface area contributed by atoms with E-state index in [0.29, 0.717) is 0 Å². The number of carbonyl (C=O) groups excluding carboxylic acids is 1. The maximum Gasteiger partial charge on any atom is 0.225 e. The number of primary amides is 1. The predicted octanol–water partition coefficient (Wildman–Crippen LogP) is 0.460. The van der Waals surface area contributed by atoms with E-state index < -0.39 is 0 Å². The van der Waals surface area contributed by atoms with Crippen molar-refractivity contribution < 1.29 is 4.79 Å². The summed E-state index contributed by atoms with van der Waals surface area (Å²) in [5.74, 6) is -0.174. The lowest BCUT2D eigenvalue weighted by atomic mass is 9.82. The SMILES string of the molecule is C=CC1C=CC1C(N)=O. The number of carbonyl (C=O) groups is 1. The monoisotopic (exact) mass is 123 g/mol. The van der Waals surface area contributed by atoms with Crippen LogP contribution in [0.25, 0.3) is 0 Å². The summed E-state index contributed by atoms with van der Waals surface area (Å²) < 4.78 is 0. The normalized spacial score (nSPS) is 31.1. The number of hydrogen-bond donors (Lipinski definition) is 1. The van der Waals surface area contributed by atoms with Crippen LogP contribution in [0.1, 0.15) is 0 Å². The van der Waals surface area contributed by atoms with Crippen molar-refractivity contribution in [3.05, 3.63) is 24.8 Å². The van der Waals surface area contributed by atoms with E-state index in [1.54, 1.807) is 12.2 Å². The second kappa shape index (κ2) is 2.05. The minimum atomic E-state index is -0.262. The molecule has 48 valence electrons. The molecular weight excluding hydrogens is 114 g/mol. The van der Waals surface area contributed by atoms with Gasteiger partial charge in [-0.2, -0.15) is 0 Å². The van der Waals surface area contributed by atoms with Crippen molar-refractivity contribution in [2.24, 2.45) is 17.6 Å². The molecule has 0 aromatic carbocycles. The number of amides is 1. The van der Waals surface area contributed by atoms with Gasteiger partial charge < -0.3 is 5.73 Å². The topological polar surface area (TPSA) is 43.1 Å². The average molecular weight is 123 g/mol. The van der Waals surface area contributed by atoms with Gasteiger partial charge in [0.25, 0.3) is 0 Å². The summed E-state index contributed by atoms with van der Waals surface area (Å²) in [4.78, 5) is 10.5. The van der Waals surface area contributed by atoms with Crippen molar-refractivity contribution >= 4 is 5.91 Å². The van der Waals surface area contributed by atoms with Crippen molar-refractivity contribution in [3.8, 4) is 0 Å². The number of allylic oxidation sites excluding steroid dienone is 2. The quantitative estimate of drug-likeness (QED) is 0.532. The molecule has 2 nitrogen and oxygen atoms in total. The molecule has 0 aliphatic heterocycles. The first-order valence-corrected chi connectivity index (χ1v) is 2.86. The van der Waals surface area contributed by atoms with Gasteiger partial charge in [0, 0.05) is 5.92 Å². The van der Waals surface area contributed by atoms with Crippen molar-refractivity contribution in [3.63, 3.8) is 0 Å². The second-order valence-electron chi connectivity index (χ2n) is 2.13. The Morgan fingerprint density at radius 2 is 2.33 bits per heavy atom. The lowest BCUT2D eigenvalue weighted by Crippen LogP contribution is -2.31. The fourth-order valence-electron chi connectivity index (χ4n) is 0.860. The molecule has 0 spiro atoms. The number of rotatable bonds is 2. The summed E-state index contributed by atoms with van der Waals surface area (Å²) in [6.07, 6.45) is 5.45. The molecule has 2 unspecified atom stereocenters. The van der Waals surface area contributed by atoms with Crippen LogP contribution in [0.15, 0.2) is 24.8 Å². The minimum absolute atomic E-state index is 0.0949. The van der Waals surface area contributed by atoms with Crippen LogP contribution in [0.3, 0.4) is 0 Å². The van der Waals surface area contributed by atoms with Crippen molar-refractivity contribution in [1.29, 1.82) is 0 Å². The Kier molecular flexibility index (Phi) is 1.39. The standard InChI is InChI=1S/C7H9NO/c1-2-5-3-4-6(5)7(8)9/h2-6H,1H2,(H2,8,9). The Hall–Kier alpha value is -1.05. The van der Waals surface area contributed by atoms with Crippen LogP contribution in [0.5, 0.6) is 0 Å². The summed E-state index contributed by atoms with van der Waals surface area (Å²) in [6.45, 7) is 3.56. The molecule has 1 aliphatic rings. The maximum atomic E-state index is 10.5. The number of nitrogens with two attached hydrogens (primary N) is 1. The van der Waals surface area contributed by atoms with E-state index in [4.69, 9.17) is 5.73 Å². The highest BCUT2D eigenvalue weighted by Gasteiger charge is 2.25. The molecular formula is C7H9NO. The Morgan fingerprint density at radius 3 is 2.44 bits per heavy atom. The third-order valence-electron chi connectivity index (χ3n) is 1.56. The molecule has 0 bridgehead atoms. The Bertz CT molecular complexity index is 172. The van der Waals surface area contributed by atoms with E-state index in [-0.39, 0.29) is 17.7 Å². The Balaban J connectivity index is 2.58. The van der Waals surface area contributed by atoms with Crippen LogP contribution < -0.4 is 5.73 Å². The third kappa shape index (κ3) is 0.875. The molecule has 1 aliphatic carbocycles. The smallest absolute Gasteiger partial charge is 0.225 e. The molecule has 1 amide bonds. The van der Waals surface area contributed by atoms with Crippen molar-refractivity contribution in [1.82, 2.24) is 0 Å². The van der Waals surface area contributed by atoms with Crippen LogP contribution in [-0.4, -0.2) is 5.91 Å². The molecule has 0 radical (unpaired) electrons. The van der Waals surface area contributed by atoms with Crippen LogP contribution in [0, 0.1) is 11.8 Å². The Labute approximate surface area is 54.0 Å². The van der Waals surface area contributed by atoms with Gasteiger partial charge >= 0.3 is 0 Å². The van der Waals surface area contributed by atoms with E-state index in [9.17, 15) is 4.79 Å². The van der Waals surface area contributed by atoms with Gasteiger partial charge in [0.1, 0.15) is 0 Å². The van der Waals surface area contributed by atoms with Crippen molar-refractivity contribution in [2.45, 2.75) is 0 Å². The maximum absolute atomic E-state index is 10.5. The minimum Gasteiger partial charge on any atom is -0.369 e. The average Bonchev–Trinajstić information content (AvgIpc) is 1.61. The van der Waals surface area contributed by atoms with Crippen LogP contribution >= 0.6 is 0 Å². The molecule has 2 atom stereocenters. The van der Waals surface area contributed by atoms with Crippen LogP contribution in [0.4, 0.5) is 0 Å². The Morgan fingerprint density at radius 1 is 1.67 bits per heavy atom. The van der Waals surface area contributed by atoms with Crippen LogP contribution in [-0.2, 0) is 4.79 Å². The van der Waals surface area contributed by atoms with Gasteiger partial charge in [-0.3, -0.25) is 4.79 Å². The molecule has 0 heterocycles. The number of hydrogen-bond acceptors (Lipinski definition) is 1. The summed E-state index contributed by atoms with van der Waals surface area (Å²) >= 11 is 0. The van der Waals surface area contributed by atoms with E-state index in [1.165, 1.54) is 0 Å². The molecule has 9 heavy (non-hydrogen) atoms. The first kappa shape index (κ1) is 6.08. The lowest BCUT2D eigenvalue weighted by Gasteiger charge is -2.22. The fraction of sp³-hybridized carbons (Fsp3) is 0.286. The summed E-state index contributed by atoms with van der Waals surface area (Å²) in [7, 11) is 0. The lowest BCUT2D eigenvalue weighted by molar-refractivity contribution is -0.121. The molecule has 0 fully saturated rings. The summed E-state index contributed by atoms with van der Waals surface area (Å²) in [6, 6.07) is 0. The second-order valence-corrected chi connectivity index (χ2v) is 2.13. The van der Waals surface area contributed by atoms with E-state index in [1.807, 2.05) is 6.08 Å². The zero-order valence-electron chi connectivity index (χ0n) is 5.08. The molecule has 0 saturated carbocycles. The molecule has 0 aromatic heterocycles. The molecule has 0 aromatic rings. The van der Waals surface area contributed by atoms with Crippen molar-refractivity contribution in [2.75, 3.05) is 0 Å². The van der Waals surface area contributed by atoms with E-state index >= 15 is 0 Å². The zero-order chi connectivity index (χ0) is 6.85. The highest BCUT2D eigenvalue weighted by Crippen LogP contribution is 2.25. The first-order valence-electron chi connectivity index (χ1n) is 2.86. The van der Waals surface area contributed by atoms with Gasteiger partial charge in [-0.1, -0.05) is 18.2 Å². The molecule has 1 rings (SSSR count). The van der Waals surface area contributed by atoms with Gasteiger partial charge in [0.2, 0.25) is 5.91 Å². The highest BCUT2D eigenvalue weighted by atomic mass is 16.1. The summed E-state index contributed by atoms with van der Waals surface area (Å²) in [5, 5.41) is 0. The molecule has 2 heteroatoms. The van der Waals surface area contributed by atoms with Crippen LogP contribution in [0.2, 0.25) is 0 Å². The highest BCUT2D eigenvalue weighted by molar-refractivity contribution is 5.81. The first-order chi connectivity index (χ1) is 4.25. The zero-order valence-corrected chi connectivity index (χ0v) is 5.08. The largest absolute Gasteiger partial charge is 0.369 e. The van der Waals surface area contributed by atoms with Gasteiger partial charge in [0.05, 0.1) is 5.92 Å². The molecule has 0 saturated heterocycles. The third-order valence-corrected chi connectivity index (χ3v) is 1.56. The van der Waals surface area contributed by atoms with Gasteiger partial charge in [-0.25, -0.2) is 0 Å². The van der Waals surface area contributed by atoms with Gasteiger partial charge in [0.15, 0.2) is 0 Å². The van der Waals surface area contributed by atoms with Gasteiger partial charge in [-0.15, -0.1) is 6.58 Å². The molecule has 2 N–H and O–H groups in total. The predicted molar refractivity (Wildman–Crippen MR) is 35.5 cm³/mol.